The van der Waals surface area contributed by atoms with Gasteiger partial charge in [-0.15, -0.1) is 0 Å². The summed E-state index contributed by atoms with van der Waals surface area (Å²) in [5.41, 5.74) is 4.17. The van der Waals surface area contributed by atoms with Gasteiger partial charge in [0, 0.05) is 13.6 Å². The third-order valence-electron chi connectivity index (χ3n) is 10.2. The fourth-order valence-electron chi connectivity index (χ4n) is 6.87. The number of amides is 6. The molecule has 270 valence electrons. The molecule has 0 aromatic heterocycles. The first-order valence-electron chi connectivity index (χ1n) is 16.7. The van der Waals surface area contributed by atoms with E-state index in [1.807, 2.05) is 13.8 Å². The van der Waals surface area contributed by atoms with Crippen LogP contribution in [-0.2, 0) is 34.0 Å². The van der Waals surface area contributed by atoms with Crippen molar-refractivity contribution in [1.82, 2.24) is 25.2 Å². The summed E-state index contributed by atoms with van der Waals surface area (Å²) in [4.78, 5) is 80.8. The number of nitrogens with zero attached hydrogens (tertiary/aromatic N) is 2. The summed E-state index contributed by atoms with van der Waals surface area (Å²) in [6, 6.07) is 2.11. The topological polar surface area (TPSA) is 205 Å². The molecule has 5 N–H and O–H groups in total. The first kappa shape index (κ1) is 37.8. The van der Waals surface area contributed by atoms with Gasteiger partial charge >= 0.3 is 6.03 Å². The van der Waals surface area contributed by atoms with Crippen molar-refractivity contribution in [2.24, 2.45) is 40.2 Å². The third-order valence-corrected chi connectivity index (χ3v) is 12.0. The van der Waals surface area contributed by atoms with Crippen molar-refractivity contribution >= 4 is 45.5 Å². The lowest BCUT2D eigenvalue weighted by molar-refractivity contribution is -0.145. The van der Waals surface area contributed by atoms with Crippen LogP contribution >= 0.6 is 0 Å². The summed E-state index contributed by atoms with van der Waals surface area (Å²) in [5.74, 6) is -4.50. The fraction of sp³-hybridized carbons (Fsp3) is 0.647. The first-order chi connectivity index (χ1) is 22.6. The molecule has 4 rings (SSSR count). The quantitative estimate of drug-likeness (QED) is 0.221. The largest absolute Gasteiger partial charge is 0.363 e. The second kappa shape index (κ2) is 13.7. The van der Waals surface area contributed by atoms with E-state index in [1.165, 1.54) is 29.2 Å². The van der Waals surface area contributed by atoms with E-state index in [1.54, 1.807) is 40.7 Å². The number of Topliss-reactive ketones (excluding diaryl/α,β-unsaturated/α-hetero) is 1. The van der Waals surface area contributed by atoms with Gasteiger partial charge in [0.1, 0.15) is 18.1 Å². The van der Waals surface area contributed by atoms with E-state index in [0.717, 1.165) is 19.9 Å². The minimum absolute atomic E-state index is 0.000382. The molecule has 2 aliphatic carbocycles. The fourth-order valence-corrected chi connectivity index (χ4v) is 8.04. The number of likely N-dealkylation sites (N-methyl/N-ethyl adjacent to an activating group) is 1. The zero-order valence-electron chi connectivity index (χ0n) is 29.5. The summed E-state index contributed by atoms with van der Waals surface area (Å²) in [6.07, 6.45) is 2.05. The molecule has 6 amide bonds. The van der Waals surface area contributed by atoms with Crippen molar-refractivity contribution in [3.8, 4) is 0 Å². The summed E-state index contributed by atoms with van der Waals surface area (Å²) < 4.78 is 26.9. The molecule has 15 heteroatoms. The van der Waals surface area contributed by atoms with Crippen molar-refractivity contribution in [3.63, 3.8) is 0 Å². The van der Waals surface area contributed by atoms with E-state index in [2.05, 4.69) is 16.0 Å². The number of fused-ring (bicyclic) bond motifs is 1. The molecule has 0 spiro atoms. The number of nitrogens with two attached hydrogens (primary N) is 1. The molecule has 49 heavy (non-hydrogen) atoms. The van der Waals surface area contributed by atoms with Crippen LogP contribution in [0.1, 0.15) is 67.7 Å². The average Bonchev–Trinajstić information content (AvgIpc) is 3.87. The molecule has 0 bridgehead atoms. The summed E-state index contributed by atoms with van der Waals surface area (Å²) in [6.45, 7) is 12.8. The Morgan fingerprint density at radius 3 is 2.10 bits per heavy atom. The highest BCUT2D eigenvalue weighted by molar-refractivity contribution is 7.89. The SMILES string of the molecule is CC(C)[C@H](NC(=O)N[C@H](C(=O)N1C[C@H]2[C@@H]([C@H]1C(=O)NC(CC1CC1)C(=O)C(N)=O)C2(C)C)C(C)(C)C)C(=O)N(C)S(=O)(=O)c1ccccc1. The first-order valence-corrected chi connectivity index (χ1v) is 18.1. The van der Waals surface area contributed by atoms with Crippen LogP contribution < -0.4 is 21.7 Å². The summed E-state index contributed by atoms with van der Waals surface area (Å²) in [7, 11) is -3.08. The van der Waals surface area contributed by atoms with E-state index in [0.29, 0.717) is 4.31 Å². The van der Waals surface area contributed by atoms with Crippen LogP contribution in [0.3, 0.4) is 0 Å². The molecule has 6 atom stereocenters. The monoisotopic (exact) mass is 702 g/mol. The zero-order valence-corrected chi connectivity index (χ0v) is 30.3. The highest BCUT2D eigenvalue weighted by atomic mass is 32.2. The molecule has 1 unspecified atom stereocenters. The highest BCUT2D eigenvalue weighted by Crippen LogP contribution is 2.65. The lowest BCUT2D eigenvalue weighted by Gasteiger charge is -2.38. The molecule has 1 aromatic carbocycles. The van der Waals surface area contributed by atoms with Crippen LogP contribution in [0.25, 0.3) is 0 Å². The number of ketones is 1. The molecule has 14 nitrogen and oxygen atoms in total. The number of carbonyl (C=O) groups is 6. The van der Waals surface area contributed by atoms with Crippen LogP contribution in [0.2, 0.25) is 0 Å². The number of rotatable bonds is 13. The Morgan fingerprint density at radius 2 is 1.59 bits per heavy atom. The molecular formula is C34H50N6O8S. The second-order valence-electron chi connectivity index (χ2n) is 15.6. The van der Waals surface area contributed by atoms with Crippen molar-refractivity contribution in [1.29, 1.82) is 0 Å². The van der Waals surface area contributed by atoms with Gasteiger partial charge in [-0.05, 0) is 53.1 Å². The Hall–Kier alpha value is -4.01. The van der Waals surface area contributed by atoms with Crippen molar-refractivity contribution in [3.05, 3.63) is 30.3 Å². The Bertz CT molecular complexity index is 1600. The number of primary amides is 1. The molecule has 1 heterocycles. The van der Waals surface area contributed by atoms with Crippen LogP contribution in [-0.4, -0.2) is 90.8 Å². The molecule has 3 aliphatic rings. The maximum absolute atomic E-state index is 14.3. The Balaban J connectivity index is 1.53. The van der Waals surface area contributed by atoms with Gasteiger partial charge in [-0.3, -0.25) is 24.0 Å². The Kier molecular flexibility index (Phi) is 10.6. The van der Waals surface area contributed by atoms with E-state index in [4.69, 9.17) is 5.73 Å². The predicted octanol–water partition coefficient (Wildman–Crippen LogP) is 1.39. The minimum atomic E-state index is -4.20. The number of piperidine rings is 1. The summed E-state index contributed by atoms with van der Waals surface area (Å²) in [5, 5.41) is 7.98. The Labute approximate surface area is 288 Å². The predicted molar refractivity (Wildman–Crippen MR) is 180 cm³/mol. The standard InChI is InChI=1S/C34H50N6O8S/c1-18(2)24(30(44)39(8)49(47,48)20-12-10-9-11-13-20)37-32(46)38-27(33(3,4)5)31(45)40-17-21-23(34(21,6)7)25(40)29(43)36-22(16-19-14-15-19)26(41)28(35)42/h9-13,18-19,21-25,27H,14-17H2,1-8H3,(H2,35,42)(H,36,43)(H2,37,38,46)/t21-,22?,23-,24-,25-,27+/m0/s1. The molecule has 1 saturated heterocycles. The van der Waals surface area contributed by atoms with E-state index in [9.17, 15) is 37.2 Å². The zero-order chi connectivity index (χ0) is 36.8. The van der Waals surface area contributed by atoms with E-state index < -0.39 is 81.0 Å². The number of nitrogens with one attached hydrogen (secondary N) is 3. The number of urea groups is 1. The van der Waals surface area contributed by atoms with Crippen molar-refractivity contribution in [2.75, 3.05) is 13.6 Å². The normalized spacial score (nSPS) is 23.0. The number of hydrogen-bond donors (Lipinski definition) is 4. The van der Waals surface area contributed by atoms with Gasteiger partial charge in [0.05, 0.1) is 10.9 Å². The number of likely N-dealkylation sites (tertiary alicyclic amines) is 1. The van der Waals surface area contributed by atoms with E-state index >= 15 is 0 Å². The van der Waals surface area contributed by atoms with Gasteiger partial charge < -0.3 is 26.6 Å². The van der Waals surface area contributed by atoms with Gasteiger partial charge in [-0.25, -0.2) is 17.5 Å². The summed E-state index contributed by atoms with van der Waals surface area (Å²) >= 11 is 0. The number of hydrogen-bond acceptors (Lipinski definition) is 8. The average molecular weight is 703 g/mol. The maximum atomic E-state index is 14.3. The number of benzene rings is 1. The van der Waals surface area contributed by atoms with Gasteiger partial charge in [0.15, 0.2) is 0 Å². The Morgan fingerprint density at radius 1 is 1.00 bits per heavy atom. The van der Waals surface area contributed by atoms with Gasteiger partial charge in [-0.2, -0.15) is 0 Å². The van der Waals surface area contributed by atoms with Crippen LogP contribution in [0.15, 0.2) is 35.2 Å². The number of carbonyl (C=O) groups excluding carboxylic acids is 6. The molecule has 2 saturated carbocycles. The van der Waals surface area contributed by atoms with Crippen molar-refractivity contribution in [2.45, 2.75) is 96.8 Å². The van der Waals surface area contributed by atoms with Gasteiger partial charge in [0.25, 0.3) is 21.8 Å². The smallest absolute Gasteiger partial charge is 0.316 e. The third kappa shape index (κ3) is 7.92. The lowest BCUT2D eigenvalue weighted by Crippen LogP contribution is -2.62. The molecule has 1 aliphatic heterocycles. The van der Waals surface area contributed by atoms with Crippen LogP contribution in [0, 0.1) is 34.5 Å². The van der Waals surface area contributed by atoms with Crippen molar-refractivity contribution < 1.29 is 37.2 Å². The molecule has 3 fully saturated rings. The lowest BCUT2D eigenvalue weighted by atomic mass is 9.85. The molecular weight excluding hydrogens is 652 g/mol. The minimum Gasteiger partial charge on any atom is -0.363 e. The molecule has 1 aromatic rings. The van der Waals surface area contributed by atoms with Crippen LogP contribution in [0.5, 0.6) is 0 Å². The van der Waals surface area contributed by atoms with Gasteiger partial charge in [-0.1, -0.05) is 79.5 Å². The number of sulfonamides is 1. The second-order valence-corrected chi connectivity index (χ2v) is 17.6. The maximum Gasteiger partial charge on any atom is 0.316 e. The van der Waals surface area contributed by atoms with Gasteiger partial charge in [0.2, 0.25) is 17.6 Å². The van der Waals surface area contributed by atoms with Crippen LogP contribution in [0.4, 0.5) is 4.79 Å². The molecule has 0 radical (unpaired) electrons. The van der Waals surface area contributed by atoms with E-state index in [-0.39, 0.29) is 41.0 Å². The highest BCUT2D eigenvalue weighted by Gasteiger charge is 2.70.